The number of likely N-dealkylation sites (N-methyl/N-ethyl adjacent to an activating group) is 1. The van der Waals surface area contributed by atoms with Crippen molar-refractivity contribution in [3.8, 4) is 0 Å². The molecule has 6 nitrogen and oxygen atoms in total. The number of rotatable bonds is 4. The minimum absolute atomic E-state index is 0.0513. The van der Waals surface area contributed by atoms with Gasteiger partial charge in [-0.05, 0) is 44.5 Å². The Balaban J connectivity index is 1.32. The average molecular weight is 355 g/mol. The second-order valence-electron chi connectivity index (χ2n) is 7.39. The Morgan fingerprint density at radius 2 is 2.19 bits per heavy atom. The number of likely N-dealkylation sites (tertiary alicyclic amines) is 1. The zero-order chi connectivity index (χ0) is 18.0. The first kappa shape index (κ1) is 17.2. The van der Waals surface area contributed by atoms with Crippen LogP contribution in [0.15, 0.2) is 47.4 Å². The monoisotopic (exact) mass is 355 g/mol. The van der Waals surface area contributed by atoms with Gasteiger partial charge in [0, 0.05) is 31.9 Å². The number of carbonyl (C=O) groups is 1. The van der Waals surface area contributed by atoms with Crippen molar-refractivity contribution in [3.05, 3.63) is 54.2 Å². The van der Waals surface area contributed by atoms with E-state index in [1.165, 1.54) is 6.26 Å². The Hall–Kier alpha value is -2.18. The van der Waals surface area contributed by atoms with Crippen LogP contribution in [0.5, 0.6) is 0 Å². The predicted molar refractivity (Wildman–Crippen MR) is 96.6 cm³/mol. The number of aromatic nitrogens is 1. The van der Waals surface area contributed by atoms with E-state index in [9.17, 15) is 4.79 Å². The van der Waals surface area contributed by atoms with Gasteiger partial charge in [0.1, 0.15) is 6.26 Å². The maximum Gasteiger partial charge on any atom is 0.257 e. The number of hydrogen-bond acceptors (Lipinski definition) is 5. The molecule has 0 aromatic carbocycles. The fraction of sp³-hybridized carbons (Fsp3) is 0.500. The van der Waals surface area contributed by atoms with E-state index in [2.05, 4.69) is 23.0 Å². The largest absolute Gasteiger partial charge is 0.472 e. The molecular formula is C20H25N3O3. The van der Waals surface area contributed by atoms with Gasteiger partial charge < -0.3 is 14.1 Å². The summed E-state index contributed by atoms with van der Waals surface area (Å²) in [5.41, 5.74) is 1.62. The molecule has 2 aromatic rings. The van der Waals surface area contributed by atoms with Crippen molar-refractivity contribution in [1.29, 1.82) is 0 Å². The van der Waals surface area contributed by atoms with Crippen molar-refractivity contribution < 1.29 is 13.9 Å². The molecule has 4 rings (SSSR count). The van der Waals surface area contributed by atoms with E-state index < -0.39 is 0 Å². The van der Waals surface area contributed by atoms with E-state index in [1.54, 1.807) is 12.3 Å². The lowest BCUT2D eigenvalue weighted by atomic mass is 9.87. The number of nitrogens with zero attached hydrogens (tertiary/aromatic N) is 3. The van der Waals surface area contributed by atoms with Crippen LogP contribution in [0.3, 0.4) is 0 Å². The molecule has 2 fully saturated rings. The smallest absolute Gasteiger partial charge is 0.257 e. The van der Waals surface area contributed by atoms with Crippen molar-refractivity contribution in [2.24, 2.45) is 0 Å². The predicted octanol–water partition coefficient (Wildman–Crippen LogP) is 2.57. The molecule has 138 valence electrons. The molecule has 1 amide bonds. The van der Waals surface area contributed by atoms with E-state index in [0.29, 0.717) is 11.6 Å². The Bertz CT molecular complexity index is 724. The highest BCUT2D eigenvalue weighted by Gasteiger charge is 2.44. The summed E-state index contributed by atoms with van der Waals surface area (Å²) in [5, 5.41) is 0. The van der Waals surface area contributed by atoms with Crippen LogP contribution in [-0.2, 0) is 11.3 Å². The first-order valence-corrected chi connectivity index (χ1v) is 9.21. The number of hydrogen-bond donors (Lipinski definition) is 0. The molecule has 1 unspecified atom stereocenters. The van der Waals surface area contributed by atoms with Gasteiger partial charge >= 0.3 is 0 Å². The molecule has 0 bridgehead atoms. The summed E-state index contributed by atoms with van der Waals surface area (Å²) in [5.74, 6) is 0.0513. The van der Waals surface area contributed by atoms with Crippen LogP contribution in [0.4, 0.5) is 0 Å². The molecule has 0 aliphatic carbocycles. The van der Waals surface area contributed by atoms with Gasteiger partial charge in [0.15, 0.2) is 0 Å². The third-order valence-electron chi connectivity index (χ3n) is 5.68. The minimum atomic E-state index is -0.0871. The normalized spacial score (nSPS) is 22.2. The topological polar surface area (TPSA) is 58.8 Å². The van der Waals surface area contributed by atoms with Gasteiger partial charge in [-0.25, -0.2) is 0 Å². The zero-order valence-electron chi connectivity index (χ0n) is 15.1. The minimum Gasteiger partial charge on any atom is -0.472 e. The van der Waals surface area contributed by atoms with Gasteiger partial charge in [0.2, 0.25) is 0 Å². The summed E-state index contributed by atoms with van der Waals surface area (Å²) >= 11 is 0. The van der Waals surface area contributed by atoms with Crippen molar-refractivity contribution in [1.82, 2.24) is 14.8 Å². The molecule has 26 heavy (non-hydrogen) atoms. The van der Waals surface area contributed by atoms with E-state index in [-0.39, 0.29) is 11.5 Å². The molecule has 2 aliphatic heterocycles. The summed E-state index contributed by atoms with van der Waals surface area (Å²) in [4.78, 5) is 21.1. The van der Waals surface area contributed by atoms with E-state index >= 15 is 0 Å². The number of furan rings is 1. The summed E-state index contributed by atoms with van der Waals surface area (Å²) in [7, 11) is 2.14. The van der Waals surface area contributed by atoms with Gasteiger partial charge in [-0.2, -0.15) is 0 Å². The highest BCUT2D eigenvalue weighted by Crippen LogP contribution is 2.38. The lowest BCUT2D eigenvalue weighted by Crippen LogP contribution is -2.47. The van der Waals surface area contributed by atoms with Crippen LogP contribution in [0, 0.1) is 0 Å². The Labute approximate surface area is 153 Å². The summed E-state index contributed by atoms with van der Waals surface area (Å²) < 4.78 is 11.3. The Kier molecular flexibility index (Phi) is 4.78. The quantitative estimate of drug-likeness (QED) is 0.844. The Morgan fingerprint density at radius 3 is 2.88 bits per heavy atom. The number of pyridine rings is 1. The maximum absolute atomic E-state index is 12.4. The van der Waals surface area contributed by atoms with Crippen LogP contribution in [0.2, 0.25) is 0 Å². The van der Waals surface area contributed by atoms with Crippen LogP contribution < -0.4 is 0 Å². The van der Waals surface area contributed by atoms with E-state index in [1.807, 2.05) is 23.2 Å². The molecule has 2 aromatic heterocycles. The van der Waals surface area contributed by atoms with Gasteiger partial charge in [-0.15, -0.1) is 0 Å². The second kappa shape index (κ2) is 7.21. The number of ether oxygens (including phenoxy) is 1. The first-order valence-electron chi connectivity index (χ1n) is 9.21. The van der Waals surface area contributed by atoms with Crippen molar-refractivity contribution in [2.45, 2.75) is 37.5 Å². The van der Waals surface area contributed by atoms with E-state index in [4.69, 9.17) is 9.15 Å². The highest BCUT2D eigenvalue weighted by molar-refractivity contribution is 5.93. The molecule has 0 radical (unpaired) electrons. The number of carbonyl (C=O) groups excluding carboxylic acids is 1. The third-order valence-corrected chi connectivity index (χ3v) is 5.68. The maximum atomic E-state index is 12.4. The number of piperidine rings is 1. The highest BCUT2D eigenvalue weighted by atomic mass is 16.5. The Morgan fingerprint density at radius 1 is 1.35 bits per heavy atom. The summed E-state index contributed by atoms with van der Waals surface area (Å²) in [6, 6.07) is 8.14. The fourth-order valence-electron chi connectivity index (χ4n) is 4.01. The van der Waals surface area contributed by atoms with Crippen molar-refractivity contribution in [3.63, 3.8) is 0 Å². The molecule has 4 heterocycles. The lowest BCUT2D eigenvalue weighted by Gasteiger charge is -2.38. The van der Waals surface area contributed by atoms with Crippen LogP contribution in [0.1, 0.15) is 35.3 Å². The van der Waals surface area contributed by atoms with Crippen LogP contribution >= 0.6 is 0 Å². The first-order chi connectivity index (χ1) is 12.7. The zero-order valence-corrected chi connectivity index (χ0v) is 15.1. The van der Waals surface area contributed by atoms with E-state index in [0.717, 1.165) is 51.2 Å². The van der Waals surface area contributed by atoms with Crippen LogP contribution in [-0.4, -0.2) is 59.1 Å². The summed E-state index contributed by atoms with van der Waals surface area (Å²) in [6.45, 7) is 3.05. The molecule has 1 atom stereocenters. The molecule has 2 saturated heterocycles. The molecule has 0 saturated carbocycles. The average Bonchev–Trinajstić information content (AvgIpc) is 3.33. The summed E-state index contributed by atoms with van der Waals surface area (Å²) in [6.07, 6.45) is 7.70. The van der Waals surface area contributed by atoms with Gasteiger partial charge in [-0.3, -0.25) is 14.7 Å². The molecule has 1 spiro atoms. The van der Waals surface area contributed by atoms with Crippen molar-refractivity contribution >= 4 is 5.91 Å². The molecule has 6 heteroatoms. The number of amides is 1. The van der Waals surface area contributed by atoms with Gasteiger partial charge in [0.25, 0.3) is 5.91 Å². The fourth-order valence-corrected chi connectivity index (χ4v) is 4.01. The third kappa shape index (κ3) is 3.52. The molecular weight excluding hydrogens is 330 g/mol. The van der Waals surface area contributed by atoms with Crippen LogP contribution in [0.25, 0.3) is 0 Å². The molecule has 0 N–H and O–H groups in total. The van der Waals surface area contributed by atoms with Gasteiger partial charge in [0.05, 0.1) is 29.7 Å². The SMILES string of the molecule is CN(Cc1ccccn1)C1COC2(CCN(C(=O)c3ccoc3)CC2)C1. The lowest BCUT2D eigenvalue weighted by molar-refractivity contribution is -0.0393. The second-order valence-corrected chi connectivity index (χ2v) is 7.39. The van der Waals surface area contributed by atoms with Crippen molar-refractivity contribution in [2.75, 3.05) is 26.7 Å². The van der Waals surface area contributed by atoms with Gasteiger partial charge in [-0.1, -0.05) is 6.07 Å². The standard InChI is InChI=1S/C20H25N3O3/c1-22(13-17-4-2-3-8-21-17)18-12-20(26-15-18)6-9-23(10-7-20)19(24)16-5-11-25-14-16/h2-5,8,11,14,18H,6-7,9-10,12-13,15H2,1H3. The molecule has 2 aliphatic rings.